The SMILES string of the molecule is Cn1c(C(=O)c2ccncc2)cc(C=O)c1-c1ccc(F)cc1. The fourth-order valence-electron chi connectivity index (χ4n) is 2.55. The summed E-state index contributed by atoms with van der Waals surface area (Å²) in [6, 6.07) is 10.6. The van der Waals surface area contributed by atoms with Crippen LogP contribution in [0.3, 0.4) is 0 Å². The molecule has 0 atom stereocenters. The fourth-order valence-corrected chi connectivity index (χ4v) is 2.55. The molecule has 1 aromatic carbocycles. The number of pyridine rings is 1. The molecule has 0 aliphatic carbocycles. The molecule has 114 valence electrons. The van der Waals surface area contributed by atoms with Gasteiger partial charge in [0.1, 0.15) is 5.82 Å². The Hall–Kier alpha value is -3.08. The number of carbonyl (C=O) groups excluding carboxylic acids is 2. The van der Waals surface area contributed by atoms with Crippen LogP contribution in [0.15, 0.2) is 54.9 Å². The highest BCUT2D eigenvalue weighted by Crippen LogP contribution is 2.27. The molecule has 0 N–H and O–H groups in total. The molecule has 23 heavy (non-hydrogen) atoms. The Morgan fingerprint density at radius 3 is 2.39 bits per heavy atom. The fraction of sp³-hybridized carbons (Fsp3) is 0.0556. The molecule has 2 aromatic heterocycles. The van der Waals surface area contributed by atoms with Crippen LogP contribution in [0.5, 0.6) is 0 Å². The number of hydrogen-bond donors (Lipinski definition) is 0. The average molecular weight is 308 g/mol. The first kappa shape index (κ1) is 14.8. The molecule has 0 spiro atoms. The molecule has 0 fully saturated rings. The van der Waals surface area contributed by atoms with Crippen LogP contribution in [0.4, 0.5) is 4.39 Å². The van der Waals surface area contributed by atoms with E-state index in [-0.39, 0.29) is 11.6 Å². The summed E-state index contributed by atoms with van der Waals surface area (Å²) < 4.78 is 14.8. The Labute approximate surface area is 132 Å². The number of carbonyl (C=O) groups is 2. The molecule has 0 aliphatic rings. The van der Waals surface area contributed by atoms with Crippen LogP contribution < -0.4 is 0 Å². The van der Waals surface area contributed by atoms with Gasteiger partial charge >= 0.3 is 0 Å². The van der Waals surface area contributed by atoms with E-state index in [4.69, 9.17) is 0 Å². The molecular formula is C18H13FN2O2. The molecule has 4 nitrogen and oxygen atoms in total. The first-order valence-corrected chi connectivity index (χ1v) is 6.97. The van der Waals surface area contributed by atoms with Gasteiger partial charge in [-0.3, -0.25) is 14.6 Å². The zero-order chi connectivity index (χ0) is 16.4. The lowest BCUT2D eigenvalue weighted by Gasteiger charge is -2.08. The summed E-state index contributed by atoms with van der Waals surface area (Å²) in [5.74, 6) is -0.560. The van der Waals surface area contributed by atoms with Crippen molar-refractivity contribution < 1.29 is 14.0 Å². The molecule has 0 bridgehead atoms. The third-order valence-corrected chi connectivity index (χ3v) is 3.68. The summed E-state index contributed by atoms with van der Waals surface area (Å²) in [7, 11) is 1.71. The molecule has 0 unspecified atom stereocenters. The molecule has 3 rings (SSSR count). The summed E-state index contributed by atoms with van der Waals surface area (Å²) in [5, 5.41) is 0. The van der Waals surface area contributed by atoms with E-state index < -0.39 is 0 Å². The van der Waals surface area contributed by atoms with Crippen LogP contribution in [0.25, 0.3) is 11.3 Å². The largest absolute Gasteiger partial charge is 0.340 e. The quantitative estimate of drug-likeness (QED) is 0.549. The van der Waals surface area contributed by atoms with Gasteiger partial charge in [-0.05, 0) is 48.0 Å². The summed E-state index contributed by atoms with van der Waals surface area (Å²) in [6.07, 6.45) is 3.78. The number of aromatic nitrogens is 2. The molecule has 0 aliphatic heterocycles. The molecule has 0 amide bonds. The second kappa shape index (κ2) is 5.96. The van der Waals surface area contributed by atoms with E-state index in [1.54, 1.807) is 41.9 Å². The van der Waals surface area contributed by atoms with E-state index in [9.17, 15) is 14.0 Å². The highest BCUT2D eigenvalue weighted by Gasteiger charge is 2.19. The van der Waals surface area contributed by atoms with Crippen LogP contribution in [0.2, 0.25) is 0 Å². The third kappa shape index (κ3) is 2.68. The van der Waals surface area contributed by atoms with Crippen molar-refractivity contribution in [3.05, 3.63) is 77.5 Å². The smallest absolute Gasteiger partial charge is 0.209 e. The minimum absolute atomic E-state index is 0.202. The highest BCUT2D eigenvalue weighted by molar-refractivity contribution is 6.09. The Morgan fingerprint density at radius 1 is 1.13 bits per heavy atom. The molecule has 3 aromatic rings. The van der Waals surface area contributed by atoms with Crippen molar-refractivity contribution in [1.82, 2.24) is 9.55 Å². The maximum atomic E-state index is 13.1. The standard InChI is InChI=1S/C18H13FN2O2/c1-21-16(18(23)13-6-8-20-9-7-13)10-14(11-22)17(21)12-2-4-15(19)5-3-12/h2-11H,1H3. The number of benzene rings is 1. The van der Waals surface area contributed by atoms with E-state index >= 15 is 0 Å². The van der Waals surface area contributed by atoms with Crippen LogP contribution in [-0.4, -0.2) is 21.6 Å². The maximum absolute atomic E-state index is 13.1. The summed E-state index contributed by atoms with van der Waals surface area (Å²) >= 11 is 0. The minimum Gasteiger partial charge on any atom is -0.340 e. The van der Waals surface area contributed by atoms with Gasteiger partial charge in [0, 0.05) is 30.6 Å². The Kier molecular flexibility index (Phi) is 3.85. The molecular weight excluding hydrogens is 295 g/mol. The van der Waals surface area contributed by atoms with E-state index in [1.807, 2.05) is 0 Å². The normalized spacial score (nSPS) is 10.5. The zero-order valence-corrected chi connectivity index (χ0v) is 12.4. The topological polar surface area (TPSA) is 52.0 Å². The van der Waals surface area contributed by atoms with Gasteiger partial charge in [-0.2, -0.15) is 0 Å². The first-order chi connectivity index (χ1) is 11.1. The van der Waals surface area contributed by atoms with Gasteiger partial charge in [-0.1, -0.05) is 0 Å². The lowest BCUT2D eigenvalue weighted by molar-refractivity contribution is 0.103. The number of rotatable bonds is 4. The molecule has 5 heteroatoms. The van der Waals surface area contributed by atoms with Gasteiger partial charge in [0.25, 0.3) is 0 Å². The van der Waals surface area contributed by atoms with Crippen molar-refractivity contribution in [3.8, 4) is 11.3 Å². The average Bonchev–Trinajstić information content (AvgIpc) is 2.92. The molecule has 0 saturated heterocycles. The van der Waals surface area contributed by atoms with Crippen LogP contribution in [-0.2, 0) is 7.05 Å². The molecule has 0 saturated carbocycles. The van der Waals surface area contributed by atoms with Crippen LogP contribution in [0, 0.1) is 5.82 Å². The Balaban J connectivity index is 2.13. The molecule has 0 radical (unpaired) electrons. The predicted octanol–water partition coefficient (Wildman–Crippen LogP) is 3.27. The van der Waals surface area contributed by atoms with E-state index in [1.165, 1.54) is 24.5 Å². The summed E-state index contributed by atoms with van der Waals surface area (Å²) in [6.45, 7) is 0. The lowest BCUT2D eigenvalue weighted by Crippen LogP contribution is -2.08. The second-order valence-corrected chi connectivity index (χ2v) is 5.08. The number of aldehydes is 1. The van der Waals surface area contributed by atoms with Crippen LogP contribution in [0.1, 0.15) is 26.4 Å². The zero-order valence-electron chi connectivity index (χ0n) is 12.4. The maximum Gasteiger partial charge on any atom is 0.209 e. The number of ketones is 1. The van der Waals surface area contributed by atoms with Crippen molar-refractivity contribution in [2.24, 2.45) is 7.05 Å². The van der Waals surface area contributed by atoms with Crippen molar-refractivity contribution in [2.75, 3.05) is 0 Å². The van der Waals surface area contributed by atoms with Gasteiger partial charge < -0.3 is 4.57 Å². The predicted molar refractivity (Wildman–Crippen MR) is 83.9 cm³/mol. The lowest BCUT2D eigenvalue weighted by atomic mass is 10.1. The number of hydrogen-bond acceptors (Lipinski definition) is 3. The van der Waals surface area contributed by atoms with Crippen molar-refractivity contribution in [1.29, 1.82) is 0 Å². The van der Waals surface area contributed by atoms with E-state index in [0.29, 0.717) is 34.4 Å². The van der Waals surface area contributed by atoms with Gasteiger partial charge in [0.15, 0.2) is 6.29 Å². The molecule has 2 heterocycles. The van der Waals surface area contributed by atoms with Gasteiger partial charge in [-0.25, -0.2) is 4.39 Å². The van der Waals surface area contributed by atoms with Crippen molar-refractivity contribution in [2.45, 2.75) is 0 Å². The number of halogens is 1. The van der Waals surface area contributed by atoms with Crippen molar-refractivity contribution >= 4 is 12.1 Å². The first-order valence-electron chi connectivity index (χ1n) is 6.97. The number of nitrogens with zero attached hydrogens (tertiary/aromatic N) is 2. The summed E-state index contributed by atoms with van der Waals surface area (Å²) in [4.78, 5) is 27.9. The summed E-state index contributed by atoms with van der Waals surface area (Å²) in [5.41, 5.74) is 2.51. The van der Waals surface area contributed by atoms with Crippen LogP contribution >= 0.6 is 0 Å². The Morgan fingerprint density at radius 2 is 1.78 bits per heavy atom. The highest BCUT2D eigenvalue weighted by atomic mass is 19.1. The van der Waals surface area contributed by atoms with Gasteiger partial charge in [0.2, 0.25) is 5.78 Å². The van der Waals surface area contributed by atoms with Gasteiger partial charge in [-0.15, -0.1) is 0 Å². The minimum atomic E-state index is -0.358. The monoisotopic (exact) mass is 308 g/mol. The van der Waals surface area contributed by atoms with E-state index in [2.05, 4.69) is 4.98 Å². The second-order valence-electron chi connectivity index (χ2n) is 5.08. The van der Waals surface area contributed by atoms with E-state index in [0.717, 1.165) is 0 Å². The third-order valence-electron chi connectivity index (χ3n) is 3.68. The van der Waals surface area contributed by atoms with Gasteiger partial charge in [0.05, 0.1) is 11.4 Å². The Bertz CT molecular complexity index is 868. The van der Waals surface area contributed by atoms with Crippen molar-refractivity contribution in [3.63, 3.8) is 0 Å².